The van der Waals surface area contributed by atoms with E-state index in [0.717, 1.165) is 34.3 Å². The Bertz CT molecular complexity index is 615. The lowest BCUT2D eigenvalue weighted by Crippen LogP contribution is -2.26. The molecule has 0 spiro atoms. The molecule has 0 bridgehead atoms. The molecule has 1 atom stereocenters. The van der Waals surface area contributed by atoms with Crippen LogP contribution in [0.1, 0.15) is 37.6 Å². The van der Waals surface area contributed by atoms with Crippen LogP contribution in [0.5, 0.6) is 0 Å². The summed E-state index contributed by atoms with van der Waals surface area (Å²) in [7, 11) is 0. The maximum Gasteiger partial charge on any atom is 0.124 e. The molecule has 0 amide bonds. The molecule has 0 aliphatic rings. The van der Waals surface area contributed by atoms with E-state index in [1.165, 1.54) is 12.1 Å². The van der Waals surface area contributed by atoms with Crippen molar-refractivity contribution in [2.45, 2.75) is 32.9 Å². The number of rotatable bonds is 6. The van der Waals surface area contributed by atoms with Gasteiger partial charge in [-0.2, -0.15) is 5.10 Å². The fourth-order valence-electron chi connectivity index (χ4n) is 2.34. The van der Waals surface area contributed by atoms with E-state index in [1.54, 1.807) is 6.20 Å². The molecule has 0 aliphatic heterocycles. The van der Waals surface area contributed by atoms with E-state index in [9.17, 15) is 4.39 Å². The van der Waals surface area contributed by atoms with Crippen molar-refractivity contribution in [1.29, 1.82) is 0 Å². The van der Waals surface area contributed by atoms with Crippen LogP contribution in [-0.4, -0.2) is 16.3 Å². The maximum absolute atomic E-state index is 13.3. The Balaban J connectivity index is 2.50. The molecule has 0 saturated carbocycles. The van der Waals surface area contributed by atoms with E-state index in [-0.39, 0.29) is 11.9 Å². The van der Waals surface area contributed by atoms with E-state index in [4.69, 9.17) is 11.6 Å². The fourth-order valence-corrected chi connectivity index (χ4v) is 3.38. The monoisotopic (exact) mass is 421 g/mol. The smallest absolute Gasteiger partial charge is 0.124 e. The van der Waals surface area contributed by atoms with E-state index in [2.05, 4.69) is 39.9 Å². The molecule has 1 heterocycles. The van der Waals surface area contributed by atoms with Gasteiger partial charge in [-0.3, -0.25) is 4.68 Å². The minimum Gasteiger partial charge on any atom is -0.305 e. The van der Waals surface area contributed by atoms with Crippen LogP contribution in [-0.2, 0) is 6.54 Å². The number of nitrogens with one attached hydrogen (secondary N) is 1. The molecule has 2 rings (SSSR count). The normalized spacial score (nSPS) is 12.6. The predicted octanol–water partition coefficient (Wildman–Crippen LogP) is 4.39. The molecule has 1 unspecified atom stereocenters. The number of hydrogen-bond acceptors (Lipinski definition) is 2. The van der Waals surface area contributed by atoms with Crippen LogP contribution >= 0.6 is 34.2 Å². The molecule has 1 aromatic heterocycles. The molecule has 0 saturated heterocycles. The largest absolute Gasteiger partial charge is 0.305 e. The van der Waals surface area contributed by atoms with Crippen molar-refractivity contribution < 1.29 is 4.39 Å². The van der Waals surface area contributed by atoms with Crippen molar-refractivity contribution in [1.82, 2.24) is 15.1 Å². The zero-order valence-corrected chi connectivity index (χ0v) is 14.9. The Hall–Kier alpha value is -0.660. The fraction of sp³-hybridized carbons (Fsp3) is 0.400. The van der Waals surface area contributed by atoms with E-state index in [0.29, 0.717) is 5.02 Å². The van der Waals surface area contributed by atoms with Crippen LogP contribution in [0.3, 0.4) is 0 Å². The lowest BCUT2D eigenvalue weighted by molar-refractivity contribution is 0.518. The zero-order valence-electron chi connectivity index (χ0n) is 12.0. The third-order valence-electron chi connectivity index (χ3n) is 3.22. The Kier molecular flexibility index (Phi) is 6.01. The molecule has 21 heavy (non-hydrogen) atoms. The summed E-state index contributed by atoms with van der Waals surface area (Å²) in [6.07, 6.45) is 2.65. The van der Waals surface area contributed by atoms with Crippen LogP contribution in [0.4, 0.5) is 4.39 Å². The summed E-state index contributed by atoms with van der Waals surface area (Å²) in [5.74, 6) is -0.230. The number of benzene rings is 1. The molecule has 0 radical (unpaired) electrons. The van der Waals surface area contributed by atoms with Gasteiger partial charge in [-0.25, -0.2) is 4.39 Å². The van der Waals surface area contributed by atoms with Gasteiger partial charge in [-0.15, -0.1) is 0 Å². The van der Waals surface area contributed by atoms with E-state index in [1.807, 2.05) is 17.7 Å². The summed E-state index contributed by atoms with van der Waals surface area (Å²) in [5.41, 5.74) is 1.95. The Labute approximate surface area is 143 Å². The van der Waals surface area contributed by atoms with Crippen molar-refractivity contribution in [3.8, 4) is 0 Å². The van der Waals surface area contributed by atoms with Gasteiger partial charge in [0.15, 0.2) is 0 Å². The molecule has 114 valence electrons. The summed E-state index contributed by atoms with van der Waals surface area (Å²) in [5, 5.41) is 8.41. The quantitative estimate of drug-likeness (QED) is 0.701. The minimum absolute atomic E-state index is 0.0935. The molecule has 2 aromatic rings. The molecule has 3 nitrogen and oxygen atoms in total. The highest BCUT2D eigenvalue weighted by Gasteiger charge is 2.23. The molecular weight excluding hydrogens is 404 g/mol. The number of aryl methyl sites for hydroxylation is 1. The van der Waals surface area contributed by atoms with Crippen LogP contribution in [0.2, 0.25) is 5.02 Å². The van der Waals surface area contributed by atoms with E-state index >= 15 is 0 Å². The first-order chi connectivity index (χ1) is 10.1. The van der Waals surface area contributed by atoms with Crippen LogP contribution in [0, 0.1) is 9.39 Å². The van der Waals surface area contributed by atoms with Crippen molar-refractivity contribution in [3.63, 3.8) is 0 Å². The number of hydrogen-bond donors (Lipinski definition) is 1. The molecule has 6 heteroatoms. The first-order valence-corrected chi connectivity index (χ1v) is 8.43. The highest BCUT2D eigenvalue weighted by Crippen LogP contribution is 2.31. The summed E-state index contributed by atoms with van der Waals surface area (Å²) in [6.45, 7) is 5.73. The highest BCUT2D eigenvalue weighted by molar-refractivity contribution is 14.1. The van der Waals surface area contributed by atoms with Gasteiger partial charge in [0.25, 0.3) is 0 Å². The Morgan fingerprint density at radius 1 is 1.43 bits per heavy atom. The van der Waals surface area contributed by atoms with Gasteiger partial charge < -0.3 is 5.32 Å². The number of aromatic nitrogens is 2. The number of halogens is 3. The van der Waals surface area contributed by atoms with Gasteiger partial charge in [-0.1, -0.05) is 31.5 Å². The van der Waals surface area contributed by atoms with Gasteiger partial charge in [-0.05, 0) is 53.3 Å². The van der Waals surface area contributed by atoms with Crippen LogP contribution in [0.15, 0.2) is 24.4 Å². The van der Waals surface area contributed by atoms with Crippen LogP contribution in [0.25, 0.3) is 0 Å². The summed E-state index contributed by atoms with van der Waals surface area (Å²) in [6, 6.07) is 4.73. The zero-order chi connectivity index (χ0) is 15.4. The standard InChI is InChI=1S/C15H18ClFIN3/c1-3-7-21-15(12(16)9-20-21)14(19-4-2)11-6-5-10(17)8-13(11)18/h5-6,8-9,14,19H,3-4,7H2,1-2H3. The topological polar surface area (TPSA) is 29.9 Å². The Morgan fingerprint density at radius 3 is 2.81 bits per heavy atom. The van der Waals surface area contributed by atoms with Gasteiger partial charge in [0.2, 0.25) is 0 Å². The van der Waals surface area contributed by atoms with Crippen molar-refractivity contribution in [3.05, 3.63) is 50.1 Å². The molecule has 1 aromatic carbocycles. The third kappa shape index (κ3) is 3.76. The predicted molar refractivity (Wildman–Crippen MR) is 92.2 cm³/mol. The van der Waals surface area contributed by atoms with Crippen molar-refractivity contribution in [2.24, 2.45) is 0 Å². The van der Waals surface area contributed by atoms with Gasteiger partial charge in [0, 0.05) is 10.1 Å². The van der Waals surface area contributed by atoms with Crippen LogP contribution < -0.4 is 5.32 Å². The van der Waals surface area contributed by atoms with Gasteiger partial charge >= 0.3 is 0 Å². The van der Waals surface area contributed by atoms with Crippen molar-refractivity contribution in [2.75, 3.05) is 6.54 Å². The summed E-state index contributed by atoms with van der Waals surface area (Å²) in [4.78, 5) is 0. The molecule has 0 aliphatic carbocycles. The summed E-state index contributed by atoms with van der Waals surface area (Å²) < 4.78 is 16.1. The second-order valence-corrected chi connectivity index (χ2v) is 6.33. The Morgan fingerprint density at radius 2 is 2.19 bits per heavy atom. The average molecular weight is 422 g/mol. The first kappa shape index (κ1) is 16.7. The third-order valence-corrected chi connectivity index (χ3v) is 4.45. The van der Waals surface area contributed by atoms with Gasteiger partial charge in [0.05, 0.1) is 23.0 Å². The number of nitrogens with zero attached hydrogens (tertiary/aromatic N) is 2. The molecular formula is C15H18ClFIN3. The molecule has 1 N–H and O–H groups in total. The first-order valence-electron chi connectivity index (χ1n) is 6.98. The van der Waals surface area contributed by atoms with E-state index < -0.39 is 0 Å². The minimum atomic E-state index is -0.230. The molecule has 0 fully saturated rings. The lowest BCUT2D eigenvalue weighted by atomic mass is 10.0. The summed E-state index contributed by atoms with van der Waals surface area (Å²) >= 11 is 8.50. The maximum atomic E-state index is 13.3. The van der Waals surface area contributed by atoms with Crippen molar-refractivity contribution >= 4 is 34.2 Å². The second-order valence-electron chi connectivity index (χ2n) is 4.76. The lowest BCUT2D eigenvalue weighted by Gasteiger charge is -2.21. The van der Waals surface area contributed by atoms with Gasteiger partial charge in [0.1, 0.15) is 5.82 Å². The average Bonchev–Trinajstić information content (AvgIpc) is 2.79. The SMILES string of the molecule is CCCn1ncc(Cl)c1C(NCC)c1ccc(F)cc1I. The second kappa shape index (κ2) is 7.56. The highest BCUT2D eigenvalue weighted by atomic mass is 127.